The predicted molar refractivity (Wildman–Crippen MR) is 129 cm³/mol. The molecule has 35 heavy (non-hydrogen) atoms. The van der Waals surface area contributed by atoms with Crippen molar-refractivity contribution >= 4 is 5.97 Å². The molecule has 0 aliphatic carbocycles. The maximum Gasteiger partial charge on any atom is 0.404 e. The summed E-state index contributed by atoms with van der Waals surface area (Å²) in [7, 11) is 2.81. The van der Waals surface area contributed by atoms with E-state index in [0.29, 0.717) is 4.73 Å². The fraction of sp³-hybridized carbons (Fsp3) is 0.143. The Kier molecular flexibility index (Phi) is 7.47. The first-order valence-corrected chi connectivity index (χ1v) is 11.0. The molecule has 0 amide bonds. The van der Waals surface area contributed by atoms with Crippen LogP contribution in [0.1, 0.15) is 33.3 Å². The van der Waals surface area contributed by atoms with Gasteiger partial charge in [-0.2, -0.15) is 4.73 Å². The molecule has 0 radical (unpaired) electrons. The van der Waals surface area contributed by atoms with Crippen molar-refractivity contribution in [3.63, 3.8) is 0 Å². The smallest absolute Gasteiger partial charge is 0.404 e. The highest BCUT2D eigenvalue weighted by Gasteiger charge is 2.26. The van der Waals surface area contributed by atoms with E-state index in [4.69, 9.17) is 18.9 Å². The summed E-state index contributed by atoms with van der Waals surface area (Å²) in [6.07, 6.45) is 0.673. The summed E-state index contributed by atoms with van der Waals surface area (Å²) in [5.41, 5.74) is 2.46. The first-order chi connectivity index (χ1) is 17.1. The van der Waals surface area contributed by atoms with Crippen molar-refractivity contribution in [2.24, 2.45) is 0 Å². The zero-order valence-corrected chi connectivity index (χ0v) is 19.4. The first kappa shape index (κ1) is 23.6. The van der Waals surface area contributed by atoms with E-state index in [1.54, 1.807) is 7.11 Å². The van der Waals surface area contributed by atoms with Crippen molar-refractivity contribution in [1.29, 1.82) is 0 Å². The Hall–Kier alpha value is -4.52. The number of methoxy groups -OCH3 is 2. The van der Waals surface area contributed by atoms with Crippen LogP contribution in [-0.4, -0.2) is 20.2 Å². The van der Waals surface area contributed by atoms with E-state index >= 15 is 0 Å². The third-order valence-electron chi connectivity index (χ3n) is 5.38. The number of esters is 1. The molecule has 0 spiro atoms. The molecular weight excluding hydrogens is 446 g/mol. The lowest BCUT2D eigenvalue weighted by Crippen LogP contribution is -2.35. The van der Waals surface area contributed by atoms with Gasteiger partial charge >= 0.3 is 11.7 Å². The van der Waals surface area contributed by atoms with Gasteiger partial charge in [-0.15, -0.1) is 0 Å². The van der Waals surface area contributed by atoms with Crippen molar-refractivity contribution in [2.45, 2.75) is 12.7 Å². The molecule has 0 aliphatic rings. The molecule has 4 aromatic rings. The number of carbonyl (C=O) groups excluding carboxylic acids is 1. The van der Waals surface area contributed by atoms with Crippen molar-refractivity contribution in [1.82, 2.24) is 0 Å². The highest BCUT2D eigenvalue weighted by atomic mass is 16.5. The fourth-order valence-electron chi connectivity index (χ4n) is 3.55. The van der Waals surface area contributed by atoms with Gasteiger partial charge in [0.15, 0.2) is 5.75 Å². The van der Waals surface area contributed by atoms with E-state index in [0.717, 1.165) is 22.4 Å². The Morgan fingerprint density at radius 3 is 2.00 bits per heavy atom. The molecule has 0 bridgehead atoms. The molecule has 3 aromatic carbocycles. The maximum absolute atomic E-state index is 12.6. The van der Waals surface area contributed by atoms with Gasteiger partial charge in [-0.25, -0.2) is 4.79 Å². The molecule has 0 N–H and O–H groups in total. The molecule has 7 heteroatoms. The molecule has 0 fully saturated rings. The van der Waals surface area contributed by atoms with Gasteiger partial charge in [-0.05, 0) is 28.8 Å². The van der Waals surface area contributed by atoms with Crippen LogP contribution in [-0.2, 0) is 11.3 Å². The third-order valence-corrected chi connectivity index (χ3v) is 5.38. The van der Waals surface area contributed by atoms with E-state index in [-0.39, 0.29) is 23.8 Å². The quantitative estimate of drug-likeness (QED) is 0.197. The van der Waals surface area contributed by atoms with E-state index in [1.165, 1.54) is 19.4 Å². The van der Waals surface area contributed by atoms with E-state index in [9.17, 15) is 10.0 Å². The summed E-state index contributed by atoms with van der Waals surface area (Å²) < 4.78 is 22.8. The van der Waals surface area contributed by atoms with Gasteiger partial charge in [-0.3, -0.25) is 0 Å². The molecule has 0 atom stereocenters. The predicted octanol–water partition coefficient (Wildman–Crippen LogP) is 4.86. The standard InChI is InChI=1S/C28H25NO6/c1-32-23-15-13-20(14-16-23)19-34-26-18-29(31)24(28(30)33-2)17-25(26)35-27(21-9-5-3-6-10-21)22-11-7-4-8-12-22/h3-18,27H,19H2,1-2H3. The summed E-state index contributed by atoms with van der Waals surface area (Å²) in [5.74, 6) is 0.387. The summed E-state index contributed by atoms with van der Waals surface area (Å²) in [6.45, 7) is 0.180. The van der Waals surface area contributed by atoms with Crippen LogP contribution in [0.25, 0.3) is 0 Å². The molecule has 0 unspecified atom stereocenters. The Balaban J connectivity index is 1.71. The Bertz CT molecular complexity index is 1220. The number of nitrogens with zero attached hydrogens (tertiary/aromatic N) is 1. The number of hydrogen-bond donors (Lipinski definition) is 0. The molecule has 1 heterocycles. The molecule has 178 valence electrons. The Labute approximate surface area is 203 Å². The van der Waals surface area contributed by atoms with Crippen LogP contribution < -0.4 is 18.9 Å². The first-order valence-electron chi connectivity index (χ1n) is 11.0. The zero-order chi connectivity index (χ0) is 24.6. The second kappa shape index (κ2) is 11.1. The number of hydrogen-bond acceptors (Lipinski definition) is 6. The summed E-state index contributed by atoms with van der Waals surface area (Å²) in [5, 5.41) is 12.6. The van der Waals surface area contributed by atoms with Crippen LogP contribution >= 0.6 is 0 Å². The second-order valence-electron chi connectivity index (χ2n) is 7.66. The Morgan fingerprint density at radius 2 is 1.46 bits per heavy atom. The number of rotatable bonds is 9. The van der Waals surface area contributed by atoms with E-state index in [2.05, 4.69) is 0 Å². The van der Waals surface area contributed by atoms with E-state index < -0.39 is 12.1 Å². The molecular formula is C28H25NO6. The van der Waals surface area contributed by atoms with Crippen molar-refractivity contribution in [3.05, 3.63) is 125 Å². The lowest BCUT2D eigenvalue weighted by molar-refractivity contribution is -0.608. The molecule has 0 aliphatic heterocycles. The molecule has 0 saturated heterocycles. The Morgan fingerprint density at radius 1 is 0.857 bits per heavy atom. The fourth-order valence-corrected chi connectivity index (χ4v) is 3.55. The molecule has 0 saturated carbocycles. The third kappa shape index (κ3) is 5.70. The van der Waals surface area contributed by atoms with Crippen LogP contribution in [0.2, 0.25) is 0 Å². The van der Waals surface area contributed by atoms with Crippen molar-refractivity contribution in [3.8, 4) is 17.2 Å². The number of pyridine rings is 1. The van der Waals surface area contributed by atoms with Crippen molar-refractivity contribution < 1.29 is 28.5 Å². The van der Waals surface area contributed by atoms with Gasteiger partial charge in [0, 0.05) is 0 Å². The largest absolute Gasteiger partial charge is 0.618 e. The topological polar surface area (TPSA) is 80.9 Å². The lowest BCUT2D eigenvalue weighted by atomic mass is 10.0. The van der Waals surface area contributed by atoms with Crippen LogP contribution in [0.5, 0.6) is 17.2 Å². The number of carbonyl (C=O) groups is 1. The highest BCUT2D eigenvalue weighted by Crippen LogP contribution is 2.35. The minimum absolute atomic E-state index is 0.180. The molecule has 4 rings (SSSR count). The monoisotopic (exact) mass is 471 g/mol. The van der Waals surface area contributed by atoms with Gasteiger partial charge < -0.3 is 24.2 Å². The van der Waals surface area contributed by atoms with Gasteiger partial charge in [0.25, 0.3) is 0 Å². The van der Waals surface area contributed by atoms with Crippen LogP contribution in [0.4, 0.5) is 0 Å². The van der Waals surface area contributed by atoms with Crippen LogP contribution in [0.15, 0.2) is 97.2 Å². The summed E-state index contributed by atoms with van der Waals surface area (Å²) >= 11 is 0. The minimum atomic E-state index is -0.775. The van der Waals surface area contributed by atoms with E-state index in [1.807, 2.05) is 84.9 Å². The summed E-state index contributed by atoms with van der Waals surface area (Å²) in [6, 6.07) is 28.1. The average Bonchev–Trinajstić information content (AvgIpc) is 2.92. The second-order valence-corrected chi connectivity index (χ2v) is 7.66. The van der Waals surface area contributed by atoms with Crippen molar-refractivity contribution in [2.75, 3.05) is 14.2 Å². The molecule has 7 nitrogen and oxygen atoms in total. The summed E-state index contributed by atoms with van der Waals surface area (Å²) in [4.78, 5) is 12.2. The number of benzene rings is 3. The lowest BCUT2D eigenvalue weighted by Gasteiger charge is -2.22. The van der Waals surface area contributed by atoms with Gasteiger partial charge in [0.1, 0.15) is 18.5 Å². The average molecular weight is 472 g/mol. The van der Waals surface area contributed by atoms with Gasteiger partial charge in [0.2, 0.25) is 11.9 Å². The maximum atomic E-state index is 12.6. The zero-order valence-electron chi connectivity index (χ0n) is 19.4. The van der Waals surface area contributed by atoms with Gasteiger partial charge in [0.05, 0.1) is 20.3 Å². The number of aromatic nitrogens is 1. The van der Waals surface area contributed by atoms with Crippen LogP contribution in [0.3, 0.4) is 0 Å². The minimum Gasteiger partial charge on any atom is -0.618 e. The van der Waals surface area contributed by atoms with Crippen LogP contribution in [0, 0.1) is 5.21 Å². The normalized spacial score (nSPS) is 10.6. The highest BCUT2D eigenvalue weighted by molar-refractivity contribution is 5.86. The molecule has 1 aromatic heterocycles. The SMILES string of the molecule is COC(=O)c1cc(OC(c2ccccc2)c2ccccc2)c(OCc2ccc(OC)cc2)c[n+]1[O-]. The van der Waals surface area contributed by atoms with Gasteiger partial charge in [-0.1, -0.05) is 72.8 Å². The number of ether oxygens (including phenoxy) is 4.